The van der Waals surface area contributed by atoms with Gasteiger partial charge in [0.2, 0.25) is 6.29 Å². The molecule has 7 heteroatoms. The normalized spacial score (nSPS) is 19.1. The van der Waals surface area contributed by atoms with Gasteiger partial charge < -0.3 is 24.7 Å². The number of epoxide rings is 1. The third kappa shape index (κ3) is 6.71. The topological polar surface area (TPSA) is 100 Å². The van der Waals surface area contributed by atoms with Crippen LogP contribution < -0.4 is 15.2 Å². The molecule has 168 valence electrons. The largest absolute Gasteiger partial charge is 0.461 e. The summed E-state index contributed by atoms with van der Waals surface area (Å²) in [4.78, 5) is 24.4. The summed E-state index contributed by atoms with van der Waals surface area (Å²) in [6, 6.07) is 4.41. The summed E-state index contributed by atoms with van der Waals surface area (Å²) < 4.78 is 22.4. The predicted octanol–water partition coefficient (Wildman–Crippen LogP) is 3.61. The van der Waals surface area contributed by atoms with E-state index in [1.165, 1.54) is 0 Å². The Morgan fingerprint density at radius 2 is 1.73 bits per heavy atom. The fourth-order valence-electron chi connectivity index (χ4n) is 2.93. The Bertz CT molecular complexity index is 728. The molecule has 2 rings (SSSR count). The lowest BCUT2D eigenvalue weighted by molar-refractivity contribution is -0.151. The molecule has 1 heterocycles. The molecule has 0 aromatic heterocycles. The van der Waals surface area contributed by atoms with Gasteiger partial charge in [-0.3, -0.25) is 9.59 Å². The zero-order valence-corrected chi connectivity index (χ0v) is 18.8. The average Bonchev–Trinajstić information content (AvgIpc) is 3.47. The number of esters is 2. The lowest BCUT2D eigenvalue weighted by atomic mass is 10.1. The van der Waals surface area contributed by atoms with Crippen LogP contribution in [0.5, 0.6) is 11.5 Å². The van der Waals surface area contributed by atoms with Gasteiger partial charge in [0, 0.05) is 0 Å². The molecule has 1 aromatic carbocycles. The van der Waals surface area contributed by atoms with Gasteiger partial charge in [-0.1, -0.05) is 47.6 Å². The minimum absolute atomic E-state index is 0.0200. The van der Waals surface area contributed by atoms with Crippen molar-refractivity contribution in [3.8, 4) is 11.5 Å². The van der Waals surface area contributed by atoms with E-state index < -0.39 is 12.0 Å². The van der Waals surface area contributed by atoms with Crippen LogP contribution in [0.2, 0.25) is 0 Å². The maximum atomic E-state index is 12.3. The number of carbonyl (C=O) groups is 2. The van der Waals surface area contributed by atoms with E-state index >= 15 is 0 Å². The van der Waals surface area contributed by atoms with Crippen LogP contribution >= 0.6 is 0 Å². The minimum atomic E-state index is -0.803. The maximum absolute atomic E-state index is 12.3. The Kier molecular flexibility index (Phi) is 8.67. The maximum Gasteiger partial charge on any atom is 0.323 e. The van der Waals surface area contributed by atoms with Crippen LogP contribution in [-0.4, -0.2) is 36.5 Å². The predicted molar refractivity (Wildman–Crippen MR) is 113 cm³/mol. The number of ether oxygens (including phenoxy) is 4. The van der Waals surface area contributed by atoms with Crippen LogP contribution in [0.4, 0.5) is 0 Å². The molecule has 0 saturated carbocycles. The van der Waals surface area contributed by atoms with Crippen LogP contribution in [0, 0.1) is 11.8 Å². The van der Waals surface area contributed by atoms with Crippen molar-refractivity contribution in [3.63, 3.8) is 0 Å². The highest BCUT2D eigenvalue weighted by molar-refractivity contribution is 5.76. The van der Waals surface area contributed by atoms with Crippen molar-refractivity contribution >= 4 is 11.9 Å². The summed E-state index contributed by atoms with van der Waals surface area (Å²) in [5.41, 5.74) is 6.80. The Morgan fingerprint density at radius 3 is 2.27 bits per heavy atom. The standard InChI is InChI=1S/C23H35NO6/c1-7-16(8-2)27-22(26)17(24)11-15-9-10-18(29-23-20(30-23)13(3)4)19(12-15)28-21(25)14(5)6/h9-10,12-14,16-17,20,23H,7-8,11,24H2,1-6H3. The Balaban J connectivity index is 2.12. The van der Waals surface area contributed by atoms with E-state index in [1.807, 2.05) is 13.8 Å². The first kappa shape index (κ1) is 24.2. The summed E-state index contributed by atoms with van der Waals surface area (Å²) in [5, 5.41) is 0. The Labute approximate surface area is 179 Å². The van der Waals surface area contributed by atoms with Gasteiger partial charge in [0.15, 0.2) is 11.5 Å². The lowest BCUT2D eigenvalue weighted by Crippen LogP contribution is -2.36. The first-order chi connectivity index (χ1) is 14.2. The molecule has 7 nitrogen and oxygen atoms in total. The molecule has 1 aliphatic rings. The summed E-state index contributed by atoms with van der Waals surface area (Å²) in [5.74, 6) is -0.0457. The van der Waals surface area contributed by atoms with Crippen LogP contribution in [0.3, 0.4) is 0 Å². The van der Waals surface area contributed by atoms with Crippen molar-refractivity contribution in [3.05, 3.63) is 23.8 Å². The van der Waals surface area contributed by atoms with Crippen LogP contribution in [-0.2, 0) is 25.5 Å². The van der Waals surface area contributed by atoms with Gasteiger partial charge in [-0.2, -0.15) is 0 Å². The fraction of sp³-hybridized carbons (Fsp3) is 0.652. The first-order valence-electron chi connectivity index (χ1n) is 10.8. The highest BCUT2D eigenvalue weighted by Gasteiger charge is 2.44. The fourth-order valence-corrected chi connectivity index (χ4v) is 2.93. The summed E-state index contributed by atoms with van der Waals surface area (Å²) >= 11 is 0. The second-order valence-corrected chi connectivity index (χ2v) is 8.37. The minimum Gasteiger partial charge on any atom is -0.461 e. The zero-order chi connectivity index (χ0) is 22.4. The van der Waals surface area contributed by atoms with Crippen LogP contribution in [0.1, 0.15) is 59.9 Å². The zero-order valence-electron chi connectivity index (χ0n) is 18.8. The van der Waals surface area contributed by atoms with E-state index in [1.54, 1.807) is 32.0 Å². The molecule has 0 aliphatic carbocycles. The van der Waals surface area contributed by atoms with Gasteiger partial charge in [0.05, 0.1) is 5.92 Å². The first-order valence-corrected chi connectivity index (χ1v) is 10.8. The van der Waals surface area contributed by atoms with Crippen molar-refractivity contribution in [1.29, 1.82) is 0 Å². The SMILES string of the molecule is CCC(CC)OC(=O)C(N)Cc1ccc(OC2OC2C(C)C)c(OC(=O)C(C)C)c1. The van der Waals surface area contributed by atoms with Crippen molar-refractivity contribution in [1.82, 2.24) is 0 Å². The quantitative estimate of drug-likeness (QED) is 0.331. The van der Waals surface area contributed by atoms with Gasteiger partial charge >= 0.3 is 11.9 Å². The second kappa shape index (κ2) is 10.8. The molecule has 0 spiro atoms. The molecule has 0 bridgehead atoms. The van der Waals surface area contributed by atoms with Crippen molar-refractivity contribution in [2.24, 2.45) is 17.6 Å². The number of hydrogen-bond acceptors (Lipinski definition) is 7. The Morgan fingerprint density at radius 1 is 1.07 bits per heavy atom. The number of carbonyl (C=O) groups excluding carboxylic acids is 2. The van der Waals surface area contributed by atoms with Crippen LogP contribution in [0.25, 0.3) is 0 Å². The van der Waals surface area contributed by atoms with Gasteiger partial charge in [0.1, 0.15) is 18.2 Å². The third-order valence-electron chi connectivity index (χ3n) is 5.03. The van der Waals surface area contributed by atoms with E-state index in [0.717, 1.165) is 18.4 Å². The van der Waals surface area contributed by atoms with Gasteiger partial charge in [-0.05, 0) is 42.9 Å². The monoisotopic (exact) mass is 421 g/mol. The van der Waals surface area contributed by atoms with Gasteiger partial charge in [0.25, 0.3) is 0 Å². The van der Waals surface area contributed by atoms with E-state index in [-0.39, 0.29) is 36.8 Å². The van der Waals surface area contributed by atoms with Gasteiger partial charge in [-0.25, -0.2) is 0 Å². The van der Waals surface area contributed by atoms with Crippen molar-refractivity contribution in [2.75, 3.05) is 0 Å². The summed E-state index contributed by atoms with van der Waals surface area (Å²) in [7, 11) is 0. The van der Waals surface area contributed by atoms with E-state index in [2.05, 4.69) is 13.8 Å². The molecular weight excluding hydrogens is 386 g/mol. The van der Waals surface area contributed by atoms with Gasteiger partial charge in [-0.15, -0.1) is 0 Å². The van der Waals surface area contributed by atoms with E-state index in [0.29, 0.717) is 17.4 Å². The molecule has 1 aliphatic heterocycles. The van der Waals surface area contributed by atoms with Crippen molar-refractivity contribution < 1.29 is 28.5 Å². The Hall–Kier alpha value is -2.12. The number of rotatable bonds is 11. The highest BCUT2D eigenvalue weighted by Crippen LogP contribution is 2.37. The third-order valence-corrected chi connectivity index (χ3v) is 5.03. The van der Waals surface area contributed by atoms with E-state index in [9.17, 15) is 9.59 Å². The molecule has 0 radical (unpaired) electrons. The molecule has 3 unspecified atom stereocenters. The molecule has 2 N–H and O–H groups in total. The molecule has 0 amide bonds. The van der Waals surface area contributed by atoms with Crippen molar-refractivity contribution in [2.45, 2.75) is 85.3 Å². The molecule has 1 saturated heterocycles. The van der Waals surface area contributed by atoms with E-state index in [4.69, 9.17) is 24.7 Å². The molecule has 3 atom stereocenters. The number of nitrogens with two attached hydrogens (primary N) is 1. The van der Waals surface area contributed by atoms with Crippen LogP contribution in [0.15, 0.2) is 18.2 Å². The summed E-state index contributed by atoms with van der Waals surface area (Å²) in [6.07, 6.45) is 1.29. The molecule has 1 fully saturated rings. The lowest BCUT2D eigenvalue weighted by Gasteiger charge is -2.18. The smallest absolute Gasteiger partial charge is 0.323 e. The molecule has 1 aromatic rings. The summed E-state index contributed by atoms with van der Waals surface area (Å²) in [6.45, 7) is 11.6. The molecule has 30 heavy (non-hydrogen) atoms. The molecular formula is C23H35NO6. The second-order valence-electron chi connectivity index (χ2n) is 8.37. The average molecular weight is 422 g/mol. The number of benzene rings is 1. The number of hydrogen-bond donors (Lipinski definition) is 1. The highest BCUT2D eigenvalue weighted by atomic mass is 16.8.